The van der Waals surface area contributed by atoms with Crippen LogP contribution in [0, 0.1) is 5.82 Å². The van der Waals surface area contributed by atoms with Gasteiger partial charge in [-0.1, -0.05) is 24.9 Å². The summed E-state index contributed by atoms with van der Waals surface area (Å²) in [5, 5.41) is 4.64. The van der Waals surface area contributed by atoms with Gasteiger partial charge in [0.25, 0.3) is 0 Å². The molecular formula is C16H15ClFN5. The van der Waals surface area contributed by atoms with E-state index in [0.717, 1.165) is 29.8 Å². The normalized spacial score (nSPS) is 10.9. The first-order chi connectivity index (χ1) is 11.2. The van der Waals surface area contributed by atoms with Crippen LogP contribution >= 0.6 is 11.6 Å². The molecule has 0 amide bonds. The van der Waals surface area contributed by atoms with Crippen LogP contribution < -0.4 is 0 Å². The van der Waals surface area contributed by atoms with Crippen molar-refractivity contribution in [3.8, 4) is 5.82 Å². The van der Waals surface area contributed by atoms with E-state index in [2.05, 4.69) is 27.0 Å². The Morgan fingerprint density at radius 1 is 1.17 bits per heavy atom. The third-order valence-electron chi connectivity index (χ3n) is 3.49. The second-order valence-corrected chi connectivity index (χ2v) is 5.42. The van der Waals surface area contributed by atoms with Crippen molar-refractivity contribution in [2.24, 2.45) is 0 Å². The van der Waals surface area contributed by atoms with Crippen molar-refractivity contribution in [3.63, 3.8) is 0 Å². The second kappa shape index (κ2) is 6.83. The Morgan fingerprint density at radius 3 is 2.83 bits per heavy atom. The molecule has 3 heterocycles. The van der Waals surface area contributed by atoms with Crippen LogP contribution in [0.5, 0.6) is 0 Å². The number of rotatable bonds is 5. The lowest BCUT2D eigenvalue weighted by Crippen LogP contribution is -2.09. The molecule has 0 radical (unpaired) electrons. The highest BCUT2D eigenvalue weighted by Gasteiger charge is 2.15. The molecule has 5 nitrogen and oxygen atoms in total. The van der Waals surface area contributed by atoms with Gasteiger partial charge in [-0.2, -0.15) is 5.10 Å². The van der Waals surface area contributed by atoms with Crippen LogP contribution in [-0.4, -0.2) is 24.7 Å². The van der Waals surface area contributed by atoms with E-state index in [1.54, 1.807) is 12.3 Å². The number of hydrogen-bond donors (Lipinski definition) is 0. The molecule has 0 atom stereocenters. The fraction of sp³-hybridized carbons (Fsp3) is 0.250. The van der Waals surface area contributed by atoms with Crippen LogP contribution in [0.15, 0.2) is 36.9 Å². The van der Waals surface area contributed by atoms with Gasteiger partial charge in [-0.3, -0.25) is 0 Å². The number of halogens is 2. The standard InChI is InChI=1S/C16H15ClFN5/c1-2-4-12-14(20-10-21-15(12)17)9-11-6-8-22-23(11)16-13(18)5-3-7-19-16/h3,5-8,10H,2,4,9H2,1H3. The van der Waals surface area contributed by atoms with E-state index in [-0.39, 0.29) is 5.82 Å². The summed E-state index contributed by atoms with van der Waals surface area (Å²) in [6, 6.07) is 4.73. The van der Waals surface area contributed by atoms with Crippen molar-refractivity contribution < 1.29 is 4.39 Å². The van der Waals surface area contributed by atoms with Crippen LogP contribution in [0.1, 0.15) is 30.3 Å². The number of pyridine rings is 1. The average molecular weight is 332 g/mol. The molecule has 0 fully saturated rings. The molecule has 0 bridgehead atoms. The molecule has 3 rings (SSSR count). The first kappa shape index (κ1) is 15.6. The van der Waals surface area contributed by atoms with Gasteiger partial charge >= 0.3 is 0 Å². The largest absolute Gasteiger partial charge is 0.241 e. The predicted octanol–water partition coefficient (Wildman–Crippen LogP) is 3.39. The van der Waals surface area contributed by atoms with Crippen LogP contribution in [-0.2, 0) is 12.8 Å². The first-order valence-electron chi connectivity index (χ1n) is 7.32. The SMILES string of the molecule is CCCc1c(Cl)ncnc1Cc1ccnn1-c1ncccc1F. The van der Waals surface area contributed by atoms with Crippen molar-refractivity contribution in [1.29, 1.82) is 0 Å². The summed E-state index contributed by atoms with van der Waals surface area (Å²) in [6.45, 7) is 2.07. The van der Waals surface area contributed by atoms with Gasteiger partial charge < -0.3 is 0 Å². The van der Waals surface area contributed by atoms with Crippen LogP contribution in [0.4, 0.5) is 4.39 Å². The summed E-state index contributed by atoms with van der Waals surface area (Å²) in [5.74, 6) is -0.253. The number of nitrogens with zero attached hydrogens (tertiary/aromatic N) is 5. The minimum Gasteiger partial charge on any atom is -0.241 e. The maximum Gasteiger partial charge on any atom is 0.189 e. The summed E-state index contributed by atoms with van der Waals surface area (Å²) in [7, 11) is 0. The second-order valence-electron chi connectivity index (χ2n) is 5.06. The van der Waals surface area contributed by atoms with Gasteiger partial charge in [0.15, 0.2) is 11.6 Å². The van der Waals surface area contributed by atoms with Crippen LogP contribution in [0.25, 0.3) is 5.82 Å². The van der Waals surface area contributed by atoms with E-state index in [9.17, 15) is 4.39 Å². The van der Waals surface area contributed by atoms with Crippen molar-refractivity contribution in [2.75, 3.05) is 0 Å². The van der Waals surface area contributed by atoms with Gasteiger partial charge in [-0.15, -0.1) is 0 Å². The van der Waals surface area contributed by atoms with Crippen LogP contribution in [0.2, 0.25) is 5.15 Å². The Bertz CT molecular complexity index is 818. The number of aromatic nitrogens is 5. The molecule has 0 aliphatic carbocycles. The van der Waals surface area contributed by atoms with Crippen molar-refractivity contribution in [3.05, 3.63) is 64.8 Å². The van der Waals surface area contributed by atoms with E-state index in [4.69, 9.17) is 11.6 Å². The van der Waals surface area contributed by atoms with Gasteiger partial charge in [0.2, 0.25) is 0 Å². The quantitative estimate of drug-likeness (QED) is 0.672. The topological polar surface area (TPSA) is 56.5 Å². The Morgan fingerprint density at radius 2 is 2.04 bits per heavy atom. The van der Waals surface area contributed by atoms with Gasteiger partial charge in [0, 0.05) is 24.4 Å². The molecule has 0 spiro atoms. The molecule has 0 unspecified atom stereocenters. The highest BCUT2D eigenvalue weighted by Crippen LogP contribution is 2.21. The highest BCUT2D eigenvalue weighted by molar-refractivity contribution is 6.30. The summed E-state index contributed by atoms with van der Waals surface area (Å²) in [4.78, 5) is 12.4. The van der Waals surface area contributed by atoms with Crippen LogP contribution in [0.3, 0.4) is 0 Å². The minimum absolute atomic E-state index is 0.171. The van der Waals surface area contributed by atoms with Crippen molar-refractivity contribution in [1.82, 2.24) is 24.7 Å². The molecule has 0 saturated heterocycles. The molecular weight excluding hydrogens is 317 g/mol. The van der Waals surface area contributed by atoms with E-state index < -0.39 is 5.82 Å². The third-order valence-corrected chi connectivity index (χ3v) is 3.82. The monoisotopic (exact) mass is 331 g/mol. The molecule has 0 aliphatic rings. The zero-order chi connectivity index (χ0) is 16.2. The molecule has 23 heavy (non-hydrogen) atoms. The van der Waals surface area contributed by atoms with E-state index in [1.807, 2.05) is 6.07 Å². The summed E-state index contributed by atoms with van der Waals surface area (Å²) < 4.78 is 15.5. The lowest BCUT2D eigenvalue weighted by molar-refractivity contribution is 0.596. The van der Waals surface area contributed by atoms with Gasteiger partial charge in [0.05, 0.1) is 11.4 Å². The molecule has 3 aromatic rings. The fourth-order valence-electron chi connectivity index (χ4n) is 2.43. The third kappa shape index (κ3) is 3.22. The van der Waals surface area contributed by atoms with Gasteiger partial charge in [-0.25, -0.2) is 24.0 Å². The molecule has 7 heteroatoms. The highest BCUT2D eigenvalue weighted by atomic mass is 35.5. The van der Waals surface area contributed by atoms with E-state index in [1.165, 1.54) is 23.3 Å². The predicted molar refractivity (Wildman–Crippen MR) is 85.2 cm³/mol. The first-order valence-corrected chi connectivity index (χ1v) is 7.70. The summed E-state index contributed by atoms with van der Waals surface area (Å²) in [5.41, 5.74) is 2.53. The molecule has 118 valence electrons. The Balaban J connectivity index is 1.99. The summed E-state index contributed by atoms with van der Waals surface area (Å²) in [6.07, 6.45) is 6.81. The fourth-order valence-corrected chi connectivity index (χ4v) is 2.68. The smallest absolute Gasteiger partial charge is 0.189 e. The number of hydrogen-bond acceptors (Lipinski definition) is 4. The Hall–Kier alpha value is -2.34. The molecule has 3 aromatic heterocycles. The molecule has 0 aliphatic heterocycles. The zero-order valence-corrected chi connectivity index (χ0v) is 13.3. The maximum atomic E-state index is 14.0. The zero-order valence-electron chi connectivity index (χ0n) is 12.6. The molecule has 0 aromatic carbocycles. The van der Waals surface area contributed by atoms with Gasteiger partial charge in [0.1, 0.15) is 11.5 Å². The average Bonchev–Trinajstić information content (AvgIpc) is 2.99. The maximum absolute atomic E-state index is 14.0. The van der Waals surface area contributed by atoms with E-state index >= 15 is 0 Å². The lowest BCUT2D eigenvalue weighted by atomic mass is 10.1. The van der Waals surface area contributed by atoms with Gasteiger partial charge in [-0.05, 0) is 24.6 Å². The Labute approximate surface area is 138 Å². The van der Waals surface area contributed by atoms with Crippen molar-refractivity contribution >= 4 is 11.6 Å². The minimum atomic E-state index is -0.424. The lowest BCUT2D eigenvalue weighted by Gasteiger charge is -2.10. The van der Waals surface area contributed by atoms with E-state index in [0.29, 0.717) is 11.6 Å². The Kier molecular flexibility index (Phi) is 4.62. The summed E-state index contributed by atoms with van der Waals surface area (Å²) >= 11 is 6.18. The molecule has 0 N–H and O–H groups in total. The van der Waals surface area contributed by atoms with Crippen molar-refractivity contribution in [2.45, 2.75) is 26.2 Å². The molecule has 0 saturated carbocycles.